The fourth-order valence-electron chi connectivity index (χ4n) is 1.17. The molecule has 0 spiro atoms. The molecule has 0 aliphatic carbocycles. The van der Waals surface area contributed by atoms with Gasteiger partial charge in [0.1, 0.15) is 0 Å². The van der Waals surface area contributed by atoms with E-state index in [1.165, 1.54) is 22.9 Å². The van der Waals surface area contributed by atoms with Gasteiger partial charge in [-0.25, -0.2) is 4.98 Å². The monoisotopic (exact) mass is 202 g/mol. The molecule has 1 heterocycles. The molecule has 2 aromatic rings. The van der Waals surface area contributed by atoms with Crippen LogP contribution in [0, 0.1) is 0 Å². The molecule has 1 nitrogen and oxygen atoms in total. The van der Waals surface area contributed by atoms with Gasteiger partial charge in [0, 0.05) is 0 Å². The van der Waals surface area contributed by atoms with E-state index in [-0.39, 0.29) is 5.52 Å². The molecule has 2 rings (SSSR count). The molecule has 0 saturated carbocycles. The average molecular weight is 202 g/mol. The second-order valence-electron chi connectivity index (χ2n) is 2.62. The Labute approximate surface area is 76.3 Å². The summed E-state index contributed by atoms with van der Waals surface area (Å²) < 4.78 is 37.8. The number of rotatable bonds is 1. The first kappa shape index (κ1) is 8.56. The van der Waals surface area contributed by atoms with E-state index in [4.69, 9.17) is 0 Å². The van der Waals surface area contributed by atoms with Gasteiger partial charge in [-0.3, -0.25) is 0 Å². The standard InChI is InChI=1S/C7H4BF3NS/c9-8(10,11)5-2-1-3-6-7(5)12-4-13-6/h1-4H/q-1. The first-order valence-electron chi connectivity index (χ1n) is 3.61. The minimum atomic E-state index is -4.94. The molecular weight excluding hydrogens is 198 g/mol. The van der Waals surface area contributed by atoms with E-state index < -0.39 is 12.4 Å². The fraction of sp³-hybridized carbons (Fsp3) is 0. The predicted octanol–water partition coefficient (Wildman–Crippen LogP) is 2.35. The van der Waals surface area contributed by atoms with Gasteiger partial charge in [-0.15, -0.1) is 11.3 Å². The third-order valence-corrected chi connectivity index (χ3v) is 2.54. The van der Waals surface area contributed by atoms with Crippen LogP contribution in [0.1, 0.15) is 0 Å². The maximum Gasteiger partial charge on any atom is 0.511 e. The molecule has 0 radical (unpaired) electrons. The Bertz CT molecular complexity index is 436. The molecule has 1 aromatic carbocycles. The highest BCUT2D eigenvalue weighted by molar-refractivity contribution is 7.17. The zero-order chi connectivity index (χ0) is 9.47. The van der Waals surface area contributed by atoms with Gasteiger partial charge in [-0.05, 0) is 6.07 Å². The Morgan fingerprint density at radius 2 is 2.00 bits per heavy atom. The van der Waals surface area contributed by atoms with Crippen molar-refractivity contribution in [3.8, 4) is 0 Å². The summed E-state index contributed by atoms with van der Waals surface area (Å²) in [5.74, 6) is 0. The van der Waals surface area contributed by atoms with Gasteiger partial charge in [-0.2, -0.15) is 0 Å². The van der Waals surface area contributed by atoms with E-state index in [0.29, 0.717) is 4.70 Å². The van der Waals surface area contributed by atoms with Gasteiger partial charge in [0.05, 0.1) is 15.7 Å². The number of halogens is 3. The first-order chi connectivity index (χ1) is 6.09. The third-order valence-electron chi connectivity index (χ3n) is 1.74. The maximum absolute atomic E-state index is 12.4. The van der Waals surface area contributed by atoms with Gasteiger partial charge >= 0.3 is 6.98 Å². The minimum absolute atomic E-state index is 0.0694. The highest BCUT2D eigenvalue weighted by Gasteiger charge is 2.28. The predicted molar refractivity (Wildman–Crippen MR) is 48.3 cm³/mol. The fourth-order valence-corrected chi connectivity index (χ4v) is 1.88. The molecule has 0 aliphatic heterocycles. The maximum atomic E-state index is 12.4. The molecule has 0 atom stereocenters. The topological polar surface area (TPSA) is 12.9 Å². The van der Waals surface area contributed by atoms with Crippen molar-refractivity contribution in [3.05, 3.63) is 23.7 Å². The minimum Gasteiger partial charge on any atom is -0.445 e. The quantitative estimate of drug-likeness (QED) is 0.646. The molecule has 0 saturated heterocycles. The van der Waals surface area contributed by atoms with Gasteiger partial charge in [0.15, 0.2) is 0 Å². The van der Waals surface area contributed by atoms with Gasteiger partial charge in [0.25, 0.3) is 0 Å². The molecule has 0 amide bonds. The van der Waals surface area contributed by atoms with Crippen molar-refractivity contribution in [1.29, 1.82) is 0 Å². The van der Waals surface area contributed by atoms with Crippen LogP contribution in [0.5, 0.6) is 0 Å². The van der Waals surface area contributed by atoms with Crippen LogP contribution in [0.15, 0.2) is 23.7 Å². The molecule has 0 aliphatic rings. The van der Waals surface area contributed by atoms with E-state index >= 15 is 0 Å². The molecule has 13 heavy (non-hydrogen) atoms. The summed E-state index contributed by atoms with van der Waals surface area (Å²) in [6, 6.07) is 4.12. The Hall–Kier alpha value is -1.04. The van der Waals surface area contributed by atoms with E-state index in [1.807, 2.05) is 0 Å². The van der Waals surface area contributed by atoms with Crippen molar-refractivity contribution in [2.24, 2.45) is 0 Å². The van der Waals surface area contributed by atoms with Crippen LogP contribution >= 0.6 is 11.3 Å². The van der Waals surface area contributed by atoms with Crippen molar-refractivity contribution >= 4 is 34.0 Å². The number of aromatic nitrogens is 1. The summed E-state index contributed by atoms with van der Waals surface area (Å²) in [5.41, 5.74) is 0.898. The number of fused-ring (bicyclic) bond motifs is 1. The number of hydrogen-bond acceptors (Lipinski definition) is 2. The molecule has 0 bridgehead atoms. The largest absolute Gasteiger partial charge is 0.511 e. The van der Waals surface area contributed by atoms with Crippen LogP contribution in [0.4, 0.5) is 12.9 Å². The van der Waals surface area contributed by atoms with E-state index in [2.05, 4.69) is 4.98 Å². The van der Waals surface area contributed by atoms with Crippen LogP contribution in [-0.2, 0) is 0 Å². The number of nitrogens with zero attached hydrogens (tertiary/aromatic N) is 1. The normalized spacial score (nSPS) is 12.2. The van der Waals surface area contributed by atoms with Gasteiger partial charge < -0.3 is 12.9 Å². The molecule has 68 valence electrons. The second kappa shape index (κ2) is 2.73. The molecular formula is C7H4BF3NS-. The average Bonchev–Trinajstić information content (AvgIpc) is 2.48. The van der Waals surface area contributed by atoms with Crippen molar-refractivity contribution in [3.63, 3.8) is 0 Å². The zero-order valence-electron chi connectivity index (χ0n) is 6.38. The van der Waals surface area contributed by atoms with Crippen LogP contribution in [0.2, 0.25) is 0 Å². The lowest BCUT2D eigenvalue weighted by Gasteiger charge is -2.14. The van der Waals surface area contributed by atoms with E-state index in [1.54, 1.807) is 6.07 Å². The number of benzene rings is 1. The Balaban J connectivity index is 2.75. The van der Waals surface area contributed by atoms with Crippen LogP contribution in [-0.4, -0.2) is 12.0 Å². The molecule has 0 unspecified atom stereocenters. The second-order valence-corrected chi connectivity index (χ2v) is 3.51. The summed E-state index contributed by atoms with van der Waals surface area (Å²) in [6.07, 6.45) is 0. The summed E-state index contributed by atoms with van der Waals surface area (Å²) in [5, 5.41) is 0. The third kappa shape index (κ3) is 1.41. The van der Waals surface area contributed by atoms with Crippen molar-refractivity contribution in [1.82, 2.24) is 4.98 Å². The van der Waals surface area contributed by atoms with Crippen molar-refractivity contribution < 1.29 is 12.9 Å². The van der Waals surface area contributed by atoms with E-state index in [9.17, 15) is 12.9 Å². The lowest BCUT2D eigenvalue weighted by atomic mass is 9.79. The smallest absolute Gasteiger partial charge is 0.445 e. The van der Waals surface area contributed by atoms with Crippen molar-refractivity contribution in [2.45, 2.75) is 0 Å². The molecule has 6 heteroatoms. The number of hydrogen-bond donors (Lipinski definition) is 0. The van der Waals surface area contributed by atoms with Crippen LogP contribution in [0.3, 0.4) is 0 Å². The number of thiazole rings is 1. The van der Waals surface area contributed by atoms with Gasteiger partial charge in [0.2, 0.25) is 0 Å². The summed E-state index contributed by atoms with van der Waals surface area (Å²) >= 11 is 1.22. The SMILES string of the molecule is F[B-](F)(F)c1cccc2scnc12. The summed E-state index contributed by atoms with van der Waals surface area (Å²) in [6.45, 7) is -4.94. The van der Waals surface area contributed by atoms with E-state index in [0.717, 1.165) is 6.07 Å². The van der Waals surface area contributed by atoms with Crippen LogP contribution < -0.4 is 5.46 Å². The van der Waals surface area contributed by atoms with Crippen molar-refractivity contribution in [2.75, 3.05) is 0 Å². The summed E-state index contributed by atoms with van der Waals surface area (Å²) in [4.78, 5) is 3.70. The number of para-hydroxylation sites is 1. The lowest BCUT2D eigenvalue weighted by molar-refractivity contribution is 0.501. The Morgan fingerprint density at radius 1 is 1.23 bits per heavy atom. The first-order valence-corrected chi connectivity index (χ1v) is 4.49. The highest BCUT2D eigenvalue weighted by atomic mass is 32.1. The molecule has 1 aromatic heterocycles. The summed E-state index contributed by atoms with van der Waals surface area (Å²) in [7, 11) is 0. The lowest BCUT2D eigenvalue weighted by Crippen LogP contribution is -2.34. The van der Waals surface area contributed by atoms with Gasteiger partial charge in [-0.1, -0.05) is 17.6 Å². The zero-order valence-corrected chi connectivity index (χ0v) is 7.19. The molecule has 0 N–H and O–H groups in total. The Morgan fingerprint density at radius 3 is 2.69 bits per heavy atom. The highest BCUT2D eigenvalue weighted by Crippen LogP contribution is 2.19. The Kier molecular flexibility index (Phi) is 1.80. The van der Waals surface area contributed by atoms with Crippen LogP contribution in [0.25, 0.3) is 10.2 Å². The molecule has 0 fully saturated rings.